The fourth-order valence-electron chi connectivity index (χ4n) is 4.10. The van der Waals surface area contributed by atoms with E-state index in [1.54, 1.807) is 0 Å². The third kappa shape index (κ3) is 3.12. The zero-order valence-corrected chi connectivity index (χ0v) is 13.5. The summed E-state index contributed by atoms with van der Waals surface area (Å²) in [6.45, 7) is 1.10. The average Bonchev–Trinajstić information content (AvgIpc) is 2.62. The zero-order valence-electron chi connectivity index (χ0n) is 13.5. The summed E-state index contributed by atoms with van der Waals surface area (Å²) in [6.07, 6.45) is 6.53. The highest BCUT2D eigenvalue weighted by Crippen LogP contribution is 2.37. The molecule has 1 saturated carbocycles. The topological polar surface area (TPSA) is 57.6 Å². The summed E-state index contributed by atoms with van der Waals surface area (Å²) in [4.78, 5) is 26.5. The summed E-state index contributed by atoms with van der Waals surface area (Å²) in [5, 5.41) is 9.81. The minimum atomic E-state index is -0.843. The van der Waals surface area contributed by atoms with E-state index in [1.807, 2.05) is 35.2 Å². The van der Waals surface area contributed by atoms with Crippen molar-refractivity contribution in [3.05, 3.63) is 35.9 Å². The summed E-state index contributed by atoms with van der Waals surface area (Å²) < 4.78 is 0. The van der Waals surface area contributed by atoms with E-state index in [1.165, 1.54) is 6.42 Å². The molecule has 0 aromatic heterocycles. The number of carboxylic acids is 1. The molecule has 1 aromatic carbocycles. The van der Waals surface area contributed by atoms with Crippen LogP contribution in [0.25, 0.3) is 0 Å². The summed E-state index contributed by atoms with van der Waals surface area (Å²) in [7, 11) is 0. The number of benzene rings is 1. The third-order valence-corrected chi connectivity index (χ3v) is 5.62. The van der Waals surface area contributed by atoms with Crippen LogP contribution in [0.3, 0.4) is 0 Å². The Bertz CT molecular complexity index is 555. The molecule has 124 valence electrons. The van der Waals surface area contributed by atoms with Gasteiger partial charge in [-0.1, -0.05) is 49.6 Å². The third-order valence-electron chi connectivity index (χ3n) is 5.62. The number of carbonyl (C=O) groups is 2. The van der Waals surface area contributed by atoms with Crippen molar-refractivity contribution in [3.63, 3.8) is 0 Å². The molecular formula is C19H25NO3. The number of aliphatic carboxylic acids is 1. The van der Waals surface area contributed by atoms with E-state index in [4.69, 9.17) is 0 Å². The van der Waals surface area contributed by atoms with Crippen molar-refractivity contribution < 1.29 is 14.7 Å². The Morgan fingerprint density at radius 3 is 2.17 bits per heavy atom. The van der Waals surface area contributed by atoms with Crippen molar-refractivity contribution in [2.75, 3.05) is 13.1 Å². The first-order chi connectivity index (χ1) is 11.1. The van der Waals surface area contributed by atoms with Crippen molar-refractivity contribution in [1.82, 2.24) is 4.90 Å². The number of amides is 1. The molecule has 3 rings (SSSR count). The first-order valence-corrected chi connectivity index (χ1v) is 8.71. The lowest BCUT2D eigenvalue weighted by atomic mass is 9.72. The molecular weight excluding hydrogens is 290 g/mol. The molecule has 2 aliphatic rings. The van der Waals surface area contributed by atoms with Crippen LogP contribution < -0.4 is 0 Å². The van der Waals surface area contributed by atoms with Crippen LogP contribution in [-0.2, 0) is 15.0 Å². The van der Waals surface area contributed by atoms with Crippen molar-refractivity contribution in [3.8, 4) is 0 Å². The average molecular weight is 315 g/mol. The monoisotopic (exact) mass is 315 g/mol. The fourth-order valence-corrected chi connectivity index (χ4v) is 4.10. The number of carboxylic acid groups (broad SMARTS) is 1. The minimum absolute atomic E-state index is 0.165. The molecule has 1 aliphatic heterocycles. The number of rotatable bonds is 3. The number of piperidine rings is 1. The molecule has 4 heteroatoms. The molecule has 23 heavy (non-hydrogen) atoms. The lowest BCUT2D eigenvalue weighted by molar-refractivity contribution is -0.149. The largest absolute Gasteiger partial charge is 0.481 e. The Kier molecular flexibility index (Phi) is 4.69. The molecule has 0 spiro atoms. The maximum Gasteiger partial charge on any atom is 0.314 e. The fraction of sp³-hybridized carbons (Fsp3) is 0.579. The lowest BCUT2D eigenvalue weighted by Gasteiger charge is -2.40. The highest BCUT2D eigenvalue weighted by Gasteiger charge is 2.44. The second kappa shape index (κ2) is 6.73. The molecule has 1 amide bonds. The Labute approximate surface area is 137 Å². The van der Waals surface area contributed by atoms with Crippen LogP contribution in [0.5, 0.6) is 0 Å². The van der Waals surface area contributed by atoms with Crippen LogP contribution in [0.15, 0.2) is 30.3 Å². The van der Waals surface area contributed by atoms with Gasteiger partial charge in [0.2, 0.25) is 5.91 Å². The van der Waals surface area contributed by atoms with E-state index >= 15 is 0 Å². The zero-order chi connectivity index (χ0) is 16.3. The number of nitrogens with zero attached hydrogens (tertiary/aromatic N) is 1. The van der Waals surface area contributed by atoms with Gasteiger partial charge in [-0.15, -0.1) is 0 Å². The second-order valence-electron chi connectivity index (χ2n) is 6.91. The van der Waals surface area contributed by atoms with E-state index in [2.05, 4.69) is 0 Å². The Hall–Kier alpha value is -1.84. The van der Waals surface area contributed by atoms with Gasteiger partial charge in [0.05, 0.1) is 5.41 Å². The van der Waals surface area contributed by atoms with Crippen molar-refractivity contribution >= 4 is 11.9 Å². The maximum absolute atomic E-state index is 12.6. The quantitative estimate of drug-likeness (QED) is 0.932. The van der Waals surface area contributed by atoms with Gasteiger partial charge in [-0.05, 0) is 31.2 Å². The van der Waals surface area contributed by atoms with E-state index in [-0.39, 0.29) is 11.8 Å². The Morgan fingerprint density at radius 1 is 1.00 bits per heavy atom. The lowest BCUT2D eigenvalue weighted by Crippen LogP contribution is -2.50. The highest BCUT2D eigenvalue weighted by molar-refractivity contribution is 5.83. The summed E-state index contributed by atoms with van der Waals surface area (Å²) >= 11 is 0. The van der Waals surface area contributed by atoms with Crippen LogP contribution in [0.2, 0.25) is 0 Å². The first kappa shape index (κ1) is 16.0. The van der Waals surface area contributed by atoms with Gasteiger partial charge < -0.3 is 10.0 Å². The van der Waals surface area contributed by atoms with Gasteiger partial charge in [-0.25, -0.2) is 0 Å². The van der Waals surface area contributed by atoms with Crippen molar-refractivity contribution in [1.29, 1.82) is 0 Å². The van der Waals surface area contributed by atoms with Crippen LogP contribution in [0.4, 0.5) is 0 Å². The molecule has 2 fully saturated rings. The summed E-state index contributed by atoms with van der Waals surface area (Å²) in [6, 6.07) is 9.47. The maximum atomic E-state index is 12.6. The number of hydrogen-bond donors (Lipinski definition) is 1. The van der Waals surface area contributed by atoms with Crippen LogP contribution in [-0.4, -0.2) is 35.0 Å². The predicted molar refractivity (Wildman–Crippen MR) is 88.1 cm³/mol. The van der Waals surface area contributed by atoms with Crippen LogP contribution in [0.1, 0.15) is 50.5 Å². The van der Waals surface area contributed by atoms with Crippen LogP contribution in [0, 0.1) is 5.92 Å². The second-order valence-corrected chi connectivity index (χ2v) is 6.91. The van der Waals surface area contributed by atoms with Gasteiger partial charge in [0.1, 0.15) is 0 Å². The first-order valence-electron chi connectivity index (χ1n) is 8.71. The minimum Gasteiger partial charge on any atom is -0.481 e. The Morgan fingerprint density at radius 2 is 1.61 bits per heavy atom. The predicted octanol–water partition coefficient (Wildman–Crippen LogP) is 3.21. The standard InChI is InChI=1S/C19H25NO3/c21-17(15-7-3-1-4-8-15)20-13-11-19(12-14-20,18(22)23)16-9-5-2-6-10-16/h2,5-6,9-10,15H,1,3-4,7-8,11-14H2,(H,22,23). The number of likely N-dealkylation sites (tertiary alicyclic amines) is 1. The molecule has 0 atom stereocenters. The van der Waals surface area contributed by atoms with E-state index in [0.717, 1.165) is 31.2 Å². The molecule has 1 aliphatic carbocycles. The van der Waals surface area contributed by atoms with E-state index in [0.29, 0.717) is 25.9 Å². The molecule has 0 bridgehead atoms. The Balaban J connectivity index is 1.70. The molecule has 0 radical (unpaired) electrons. The molecule has 1 N–H and O–H groups in total. The molecule has 4 nitrogen and oxygen atoms in total. The van der Waals surface area contributed by atoms with Crippen LogP contribution >= 0.6 is 0 Å². The number of carbonyl (C=O) groups excluding carboxylic acids is 1. The van der Waals surface area contributed by atoms with Crippen molar-refractivity contribution in [2.24, 2.45) is 5.92 Å². The SMILES string of the molecule is O=C(C1CCCCC1)N1CCC(C(=O)O)(c2ccccc2)CC1. The van der Waals surface area contributed by atoms with Crippen molar-refractivity contribution in [2.45, 2.75) is 50.4 Å². The van der Waals surface area contributed by atoms with Gasteiger partial charge in [-0.3, -0.25) is 9.59 Å². The molecule has 1 heterocycles. The number of hydrogen-bond acceptors (Lipinski definition) is 2. The molecule has 1 saturated heterocycles. The smallest absolute Gasteiger partial charge is 0.314 e. The van der Waals surface area contributed by atoms with E-state index < -0.39 is 11.4 Å². The molecule has 1 aromatic rings. The van der Waals surface area contributed by atoms with Gasteiger partial charge in [0.25, 0.3) is 0 Å². The summed E-state index contributed by atoms with van der Waals surface area (Å²) in [5.41, 5.74) is 0.0159. The van der Waals surface area contributed by atoms with Gasteiger partial charge in [-0.2, -0.15) is 0 Å². The normalized spacial score (nSPS) is 21.8. The summed E-state index contributed by atoms with van der Waals surface area (Å²) in [5.74, 6) is -0.358. The highest BCUT2D eigenvalue weighted by atomic mass is 16.4. The van der Waals surface area contributed by atoms with Gasteiger partial charge in [0.15, 0.2) is 0 Å². The van der Waals surface area contributed by atoms with E-state index in [9.17, 15) is 14.7 Å². The molecule has 0 unspecified atom stereocenters. The van der Waals surface area contributed by atoms with Gasteiger partial charge in [0, 0.05) is 19.0 Å². The van der Waals surface area contributed by atoms with Gasteiger partial charge >= 0.3 is 5.97 Å².